The van der Waals surface area contributed by atoms with E-state index in [1.807, 2.05) is 36.9 Å². The molecule has 3 aromatic rings. The highest BCUT2D eigenvalue weighted by atomic mass is 127. The van der Waals surface area contributed by atoms with Crippen molar-refractivity contribution in [1.29, 1.82) is 0 Å². The lowest BCUT2D eigenvalue weighted by Gasteiger charge is -1.92. The highest BCUT2D eigenvalue weighted by Gasteiger charge is 2.07. The predicted molar refractivity (Wildman–Crippen MR) is 64.5 cm³/mol. The molecule has 0 bridgehead atoms. The molecule has 0 unspecified atom stereocenters. The Morgan fingerprint density at radius 1 is 0.929 bits per heavy atom. The van der Waals surface area contributed by atoms with Gasteiger partial charge >= 0.3 is 0 Å². The number of hydrogen-bond acceptors (Lipinski definition) is 2. The summed E-state index contributed by atoms with van der Waals surface area (Å²) in [6.07, 6.45) is 7.39. The van der Waals surface area contributed by atoms with Crippen LogP contribution in [0.1, 0.15) is 0 Å². The Morgan fingerprint density at radius 2 is 1.43 bits per heavy atom. The van der Waals surface area contributed by atoms with Crippen molar-refractivity contribution in [1.82, 2.24) is 12.7 Å². The maximum Gasteiger partial charge on any atom is 0.0646 e. The molecule has 0 fully saturated rings. The molecule has 0 saturated carbocycles. The fraction of sp³-hybridized carbons (Fsp3) is 0. The van der Waals surface area contributed by atoms with Gasteiger partial charge in [-0.25, -0.2) is 0 Å². The third-order valence-corrected chi connectivity index (χ3v) is 3.35. The first-order valence-corrected chi connectivity index (χ1v) is 5.19. The third kappa shape index (κ3) is 0.971. The van der Waals surface area contributed by atoms with Gasteiger partial charge in [0.15, 0.2) is 0 Å². The summed E-state index contributed by atoms with van der Waals surface area (Å²) in [7, 11) is 0. The molecule has 3 nitrogen and oxygen atoms in total. The fourth-order valence-corrected chi connectivity index (χ4v) is 2.50. The Morgan fingerprint density at radius 3 is 1.93 bits per heavy atom. The first-order chi connectivity index (χ1) is 6.88. The van der Waals surface area contributed by atoms with Crippen LogP contribution in [0.3, 0.4) is 0 Å². The van der Waals surface area contributed by atoms with Crippen LogP contribution < -0.4 is 0 Å². The minimum absolute atomic E-state index is 1.16. The van der Waals surface area contributed by atoms with Gasteiger partial charge in [-0.2, -0.15) is 0 Å². The summed E-state index contributed by atoms with van der Waals surface area (Å²) in [5, 5.41) is 2.31. The number of nitrogens with zero attached hydrogens (tertiary/aromatic N) is 3. The molecule has 0 spiro atoms. The molecule has 4 heteroatoms. The number of rotatable bonds is 0. The highest BCUT2D eigenvalue weighted by Crippen LogP contribution is 2.28. The zero-order valence-electron chi connectivity index (χ0n) is 7.18. The number of fused-ring (bicyclic) bond motifs is 3. The molecular weight excluding hydrogens is 289 g/mol. The average Bonchev–Trinajstić information content (AvgIpc) is 2.55. The highest BCUT2D eigenvalue weighted by molar-refractivity contribution is 14.1. The van der Waals surface area contributed by atoms with Crippen LogP contribution in [0.5, 0.6) is 0 Å². The van der Waals surface area contributed by atoms with E-state index in [9.17, 15) is 0 Å². The summed E-state index contributed by atoms with van der Waals surface area (Å²) in [5.74, 6) is 0. The van der Waals surface area contributed by atoms with Crippen LogP contribution in [0.2, 0.25) is 0 Å². The number of halogens is 1. The van der Waals surface area contributed by atoms with Gasteiger partial charge in [0, 0.05) is 35.6 Å². The largest absolute Gasteiger partial charge is 0.282 e. The van der Waals surface area contributed by atoms with Crippen LogP contribution in [0.4, 0.5) is 0 Å². The lowest BCUT2D eigenvalue weighted by atomic mass is 10.2. The second-order valence-electron chi connectivity index (χ2n) is 3.07. The van der Waals surface area contributed by atoms with E-state index < -0.39 is 0 Å². The van der Waals surface area contributed by atoms with Crippen molar-refractivity contribution in [3.8, 4) is 0 Å². The molecule has 68 valence electrons. The SMILES string of the molecule is In1c2ccncc2c2cnccc21. The van der Waals surface area contributed by atoms with Crippen molar-refractivity contribution in [2.45, 2.75) is 0 Å². The zero-order valence-corrected chi connectivity index (χ0v) is 9.34. The van der Waals surface area contributed by atoms with Crippen LogP contribution in [-0.4, -0.2) is 12.7 Å². The third-order valence-electron chi connectivity index (χ3n) is 2.31. The van der Waals surface area contributed by atoms with Crippen LogP contribution in [0.15, 0.2) is 36.9 Å². The van der Waals surface area contributed by atoms with Gasteiger partial charge < -0.3 is 0 Å². The van der Waals surface area contributed by atoms with Gasteiger partial charge in [-0.1, -0.05) is 0 Å². The minimum Gasteiger partial charge on any atom is -0.282 e. The van der Waals surface area contributed by atoms with Crippen LogP contribution >= 0.6 is 22.9 Å². The Bertz CT molecular complexity index is 562. The van der Waals surface area contributed by atoms with E-state index in [4.69, 9.17) is 0 Å². The van der Waals surface area contributed by atoms with Crippen molar-refractivity contribution < 1.29 is 0 Å². The Hall–Kier alpha value is -1.17. The van der Waals surface area contributed by atoms with Gasteiger partial charge in [-0.15, -0.1) is 0 Å². The van der Waals surface area contributed by atoms with E-state index in [0.29, 0.717) is 0 Å². The predicted octanol–water partition coefficient (Wildman–Crippen LogP) is 2.78. The van der Waals surface area contributed by atoms with Gasteiger partial charge in [0.2, 0.25) is 0 Å². The monoisotopic (exact) mass is 295 g/mol. The average molecular weight is 295 g/mol. The summed E-state index contributed by atoms with van der Waals surface area (Å²) in [6.45, 7) is 0. The molecule has 0 aliphatic carbocycles. The van der Waals surface area contributed by atoms with Crippen molar-refractivity contribution >= 4 is 44.7 Å². The van der Waals surface area contributed by atoms with E-state index in [2.05, 4.69) is 35.6 Å². The topological polar surface area (TPSA) is 30.7 Å². The van der Waals surface area contributed by atoms with E-state index in [1.165, 1.54) is 11.0 Å². The minimum atomic E-state index is 1.16. The molecule has 0 atom stereocenters. The molecule has 0 aliphatic rings. The first kappa shape index (κ1) is 8.16. The lowest BCUT2D eigenvalue weighted by Crippen LogP contribution is -1.77. The molecular formula is C10H6IN3. The number of aromatic nitrogens is 3. The maximum absolute atomic E-state index is 4.13. The van der Waals surface area contributed by atoms with Gasteiger partial charge in [0.25, 0.3) is 0 Å². The second-order valence-corrected chi connectivity index (χ2v) is 4.03. The Labute approximate surface area is 94.3 Å². The molecule has 0 N–H and O–H groups in total. The molecule has 0 aromatic carbocycles. The van der Waals surface area contributed by atoms with Crippen molar-refractivity contribution in [3.05, 3.63) is 36.9 Å². The normalized spacial score (nSPS) is 11.2. The second kappa shape index (κ2) is 2.91. The van der Waals surface area contributed by atoms with E-state index in [-0.39, 0.29) is 0 Å². The Kier molecular flexibility index (Phi) is 1.70. The van der Waals surface area contributed by atoms with Gasteiger partial charge in [-0.05, 0) is 12.1 Å². The molecule has 0 saturated heterocycles. The molecule has 3 heterocycles. The number of hydrogen-bond donors (Lipinski definition) is 0. The number of pyridine rings is 2. The standard InChI is InChI=1S/C10H6IN3/c11-14-9-1-3-12-5-7(9)8-6-13-4-2-10(8)14/h1-6H. The molecule has 3 aromatic heterocycles. The van der Waals surface area contributed by atoms with Crippen molar-refractivity contribution in [2.24, 2.45) is 0 Å². The maximum atomic E-state index is 4.13. The molecule has 14 heavy (non-hydrogen) atoms. The fourth-order valence-electron chi connectivity index (χ4n) is 1.66. The quantitative estimate of drug-likeness (QED) is 0.597. The van der Waals surface area contributed by atoms with Crippen LogP contribution in [0, 0.1) is 0 Å². The first-order valence-electron chi connectivity index (χ1n) is 4.22. The van der Waals surface area contributed by atoms with E-state index in [0.717, 1.165) is 10.8 Å². The summed E-state index contributed by atoms with van der Waals surface area (Å²) in [4.78, 5) is 8.26. The molecule has 0 radical (unpaired) electrons. The van der Waals surface area contributed by atoms with Crippen molar-refractivity contribution in [3.63, 3.8) is 0 Å². The smallest absolute Gasteiger partial charge is 0.0646 e. The van der Waals surface area contributed by atoms with Gasteiger partial charge in [-0.3, -0.25) is 12.7 Å². The van der Waals surface area contributed by atoms with E-state index in [1.54, 1.807) is 0 Å². The van der Waals surface area contributed by atoms with Gasteiger partial charge in [0.05, 0.1) is 33.9 Å². The van der Waals surface area contributed by atoms with E-state index >= 15 is 0 Å². The lowest BCUT2D eigenvalue weighted by molar-refractivity contribution is 1.35. The van der Waals surface area contributed by atoms with Gasteiger partial charge in [0.1, 0.15) is 0 Å². The summed E-state index contributed by atoms with van der Waals surface area (Å²) in [5.41, 5.74) is 2.37. The molecule has 0 aliphatic heterocycles. The summed E-state index contributed by atoms with van der Waals surface area (Å²) >= 11 is 2.29. The van der Waals surface area contributed by atoms with Crippen LogP contribution in [0.25, 0.3) is 21.8 Å². The van der Waals surface area contributed by atoms with Crippen molar-refractivity contribution in [2.75, 3.05) is 0 Å². The molecule has 0 amide bonds. The van der Waals surface area contributed by atoms with Crippen LogP contribution in [-0.2, 0) is 0 Å². The zero-order chi connectivity index (χ0) is 9.54. The summed E-state index contributed by atoms with van der Waals surface area (Å²) < 4.78 is 2.13. The molecule has 3 rings (SSSR count). The Balaban J connectivity index is 2.69. The summed E-state index contributed by atoms with van der Waals surface area (Å²) in [6, 6.07) is 4.03.